The molecule has 0 spiro atoms. The van der Waals surface area contributed by atoms with Gasteiger partial charge in [0.1, 0.15) is 13.2 Å². The molecule has 64 heavy (non-hydrogen) atoms. The van der Waals surface area contributed by atoms with E-state index in [2.05, 4.69) is 69.4 Å². The van der Waals surface area contributed by atoms with E-state index in [9.17, 15) is 14.4 Å². The summed E-state index contributed by atoms with van der Waals surface area (Å²) in [5, 5.41) is 0. The summed E-state index contributed by atoms with van der Waals surface area (Å²) >= 11 is 0. The molecular weight excluding hydrogens is 793 g/mol. The number of esters is 3. The zero-order valence-corrected chi connectivity index (χ0v) is 42.3. The monoisotopic (exact) mass is 895 g/mol. The van der Waals surface area contributed by atoms with Crippen LogP contribution >= 0.6 is 0 Å². The van der Waals surface area contributed by atoms with E-state index in [0.717, 1.165) is 70.6 Å². The molecule has 370 valence electrons. The Balaban J connectivity index is 4.45. The minimum atomic E-state index is -0.824. The van der Waals surface area contributed by atoms with Crippen molar-refractivity contribution in [3.63, 3.8) is 0 Å². The van der Waals surface area contributed by atoms with Gasteiger partial charge in [-0.2, -0.15) is 0 Å². The molecule has 0 aromatic carbocycles. The van der Waals surface area contributed by atoms with Crippen molar-refractivity contribution >= 4 is 17.9 Å². The molecule has 0 bridgehead atoms. The predicted octanol–water partition coefficient (Wildman–Crippen LogP) is 18.0. The van der Waals surface area contributed by atoms with E-state index in [4.69, 9.17) is 14.2 Å². The SMILES string of the molecule is CC/C=C\C/C=C\C/C=C\C/C=C\C/C=C\CC(=O)OC(COC(=O)CCCCCCCCCCCCCCCCC)COC(=O)CCCCCCCCCCCCCCCCCC. The number of allylic oxidation sites excluding steroid dienone is 9. The number of hydrogen-bond acceptors (Lipinski definition) is 6. The van der Waals surface area contributed by atoms with Crippen molar-refractivity contribution in [3.8, 4) is 0 Å². The van der Waals surface area contributed by atoms with Crippen LogP contribution < -0.4 is 0 Å². The largest absolute Gasteiger partial charge is 0.462 e. The van der Waals surface area contributed by atoms with Crippen molar-refractivity contribution in [2.45, 2.75) is 277 Å². The Hall–Kier alpha value is -2.89. The molecule has 0 aliphatic rings. The van der Waals surface area contributed by atoms with E-state index in [1.165, 1.54) is 161 Å². The second-order valence-corrected chi connectivity index (χ2v) is 18.1. The molecule has 0 aromatic heterocycles. The van der Waals surface area contributed by atoms with Gasteiger partial charge in [0.25, 0.3) is 0 Å². The lowest BCUT2D eigenvalue weighted by molar-refractivity contribution is -0.166. The second kappa shape index (κ2) is 52.7. The highest BCUT2D eigenvalue weighted by atomic mass is 16.6. The number of rotatable bonds is 49. The molecule has 0 aliphatic heterocycles. The fourth-order valence-electron chi connectivity index (χ4n) is 7.75. The van der Waals surface area contributed by atoms with Crippen LogP contribution in [0.1, 0.15) is 271 Å². The van der Waals surface area contributed by atoms with E-state index in [0.29, 0.717) is 12.8 Å². The topological polar surface area (TPSA) is 78.9 Å². The van der Waals surface area contributed by atoms with E-state index in [1.807, 2.05) is 6.08 Å². The molecule has 0 rings (SSSR count). The summed E-state index contributed by atoms with van der Waals surface area (Å²) in [6, 6.07) is 0. The maximum absolute atomic E-state index is 12.8. The zero-order valence-electron chi connectivity index (χ0n) is 42.3. The van der Waals surface area contributed by atoms with Crippen LogP contribution in [0.3, 0.4) is 0 Å². The third kappa shape index (κ3) is 50.1. The Morgan fingerprint density at radius 2 is 0.594 bits per heavy atom. The molecule has 1 unspecified atom stereocenters. The van der Waals surface area contributed by atoms with E-state index >= 15 is 0 Å². The normalized spacial score (nSPS) is 12.5. The molecule has 6 heteroatoms. The first-order valence-electron chi connectivity index (χ1n) is 27.3. The van der Waals surface area contributed by atoms with E-state index in [1.54, 1.807) is 6.08 Å². The molecule has 0 aromatic rings. The molecule has 0 N–H and O–H groups in total. The molecule has 0 radical (unpaired) electrons. The highest BCUT2D eigenvalue weighted by molar-refractivity contribution is 5.72. The van der Waals surface area contributed by atoms with Gasteiger partial charge in [-0.25, -0.2) is 0 Å². The summed E-state index contributed by atoms with van der Waals surface area (Å²) in [5.74, 6) is -1.03. The van der Waals surface area contributed by atoms with Gasteiger partial charge in [-0.3, -0.25) is 14.4 Å². The Morgan fingerprint density at radius 3 is 0.891 bits per heavy atom. The second-order valence-electron chi connectivity index (χ2n) is 18.1. The van der Waals surface area contributed by atoms with Gasteiger partial charge in [0, 0.05) is 12.8 Å². The maximum atomic E-state index is 12.8. The van der Waals surface area contributed by atoms with Crippen LogP contribution in [0.2, 0.25) is 0 Å². The minimum absolute atomic E-state index is 0.101. The van der Waals surface area contributed by atoms with Gasteiger partial charge in [-0.1, -0.05) is 268 Å². The molecule has 0 amide bonds. The van der Waals surface area contributed by atoms with Gasteiger partial charge in [-0.05, 0) is 44.9 Å². The predicted molar refractivity (Wildman–Crippen MR) is 275 cm³/mol. The maximum Gasteiger partial charge on any atom is 0.310 e. The van der Waals surface area contributed by atoms with Crippen LogP contribution in [0, 0.1) is 0 Å². The van der Waals surface area contributed by atoms with Crippen LogP contribution in [0.25, 0.3) is 0 Å². The van der Waals surface area contributed by atoms with E-state index in [-0.39, 0.29) is 31.6 Å². The summed E-state index contributed by atoms with van der Waals surface area (Å²) in [7, 11) is 0. The van der Waals surface area contributed by atoms with Crippen molar-refractivity contribution in [3.05, 3.63) is 60.8 Å². The van der Waals surface area contributed by atoms with Gasteiger partial charge in [-0.15, -0.1) is 0 Å². The summed E-state index contributed by atoms with van der Waals surface area (Å²) in [6.45, 7) is 6.47. The molecular formula is C58H102O6. The van der Waals surface area contributed by atoms with Gasteiger partial charge in [0.05, 0.1) is 6.42 Å². The van der Waals surface area contributed by atoms with Gasteiger partial charge in [0.2, 0.25) is 0 Å². The number of unbranched alkanes of at least 4 members (excludes halogenated alkanes) is 29. The summed E-state index contributed by atoms with van der Waals surface area (Å²) in [4.78, 5) is 38.0. The van der Waals surface area contributed by atoms with Gasteiger partial charge >= 0.3 is 17.9 Å². The third-order valence-electron chi connectivity index (χ3n) is 11.8. The molecule has 6 nitrogen and oxygen atoms in total. The van der Waals surface area contributed by atoms with Crippen LogP contribution in [-0.4, -0.2) is 37.2 Å². The van der Waals surface area contributed by atoms with Crippen molar-refractivity contribution in [1.29, 1.82) is 0 Å². The lowest BCUT2D eigenvalue weighted by atomic mass is 10.0. The smallest absolute Gasteiger partial charge is 0.310 e. The average Bonchev–Trinajstić information content (AvgIpc) is 3.29. The van der Waals surface area contributed by atoms with Crippen LogP contribution in [0.15, 0.2) is 60.8 Å². The van der Waals surface area contributed by atoms with Crippen LogP contribution in [0.4, 0.5) is 0 Å². The average molecular weight is 895 g/mol. The number of carbonyl (C=O) groups is 3. The number of hydrogen-bond donors (Lipinski definition) is 0. The highest BCUT2D eigenvalue weighted by Crippen LogP contribution is 2.16. The Bertz CT molecular complexity index is 1170. The molecule has 0 saturated heterocycles. The summed E-state index contributed by atoms with van der Waals surface area (Å²) in [6.07, 6.45) is 65.2. The van der Waals surface area contributed by atoms with Crippen LogP contribution in [-0.2, 0) is 28.6 Å². The van der Waals surface area contributed by atoms with Crippen molar-refractivity contribution in [2.75, 3.05) is 13.2 Å². The zero-order chi connectivity index (χ0) is 46.5. The fraction of sp³-hybridized carbons (Fsp3) is 0.776. The molecule has 0 saturated carbocycles. The quantitative estimate of drug-likeness (QED) is 0.0262. The Morgan fingerprint density at radius 1 is 0.328 bits per heavy atom. The lowest BCUT2D eigenvalue weighted by Crippen LogP contribution is -2.30. The third-order valence-corrected chi connectivity index (χ3v) is 11.8. The summed E-state index contributed by atoms with van der Waals surface area (Å²) < 4.78 is 16.7. The molecule has 1 atom stereocenters. The Labute approximate surface area is 396 Å². The van der Waals surface area contributed by atoms with Gasteiger partial charge in [0.15, 0.2) is 6.10 Å². The highest BCUT2D eigenvalue weighted by Gasteiger charge is 2.19. The van der Waals surface area contributed by atoms with Crippen molar-refractivity contribution in [2.24, 2.45) is 0 Å². The Kier molecular flexibility index (Phi) is 50.4. The standard InChI is InChI=1S/C58H102O6/c1-4-7-10-13-16-19-22-25-28-31-33-36-39-42-45-48-51-57(60)63-54-55(64-58(61)52-49-46-43-40-37-34-30-27-24-21-18-15-12-9-6-3)53-62-56(59)50-47-44-41-38-35-32-29-26-23-20-17-14-11-8-5-2/h9,12,18,21,27,30,37,40,46,49,55H,4-8,10-11,13-17,19-20,22-26,28-29,31-36,38-39,41-45,47-48,50-54H2,1-3H3/b12-9-,21-18-,30-27-,40-37-,49-46-. The lowest BCUT2D eigenvalue weighted by Gasteiger charge is -2.18. The van der Waals surface area contributed by atoms with Crippen molar-refractivity contribution in [1.82, 2.24) is 0 Å². The first-order valence-corrected chi connectivity index (χ1v) is 27.3. The van der Waals surface area contributed by atoms with Crippen molar-refractivity contribution < 1.29 is 28.6 Å². The molecule has 0 heterocycles. The molecule has 0 aliphatic carbocycles. The minimum Gasteiger partial charge on any atom is -0.462 e. The molecule has 0 fully saturated rings. The number of carbonyl (C=O) groups excluding carboxylic acids is 3. The van der Waals surface area contributed by atoms with Gasteiger partial charge < -0.3 is 14.2 Å². The number of ether oxygens (including phenoxy) is 3. The summed E-state index contributed by atoms with van der Waals surface area (Å²) in [5.41, 5.74) is 0. The first-order chi connectivity index (χ1) is 31.5. The first kappa shape index (κ1) is 61.1. The fourth-order valence-corrected chi connectivity index (χ4v) is 7.75. The van der Waals surface area contributed by atoms with Crippen LogP contribution in [0.5, 0.6) is 0 Å². The van der Waals surface area contributed by atoms with E-state index < -0.39 is 12.1 Å².